The topological polar surface area (TPSA) is 62.1 Å². The average Bonchev–Trinajstić information content (AvgIpc) is 2.64. The van der Waals surface area contributed by atoms with E-state index >= 15 is 0 Å². The zero-order chi connectivity index (χ0) is 17.4. The summed E-state index contributed by atoms with van der Waals surface area (Å²) < 4.78 is 6.21. The Balaban J connectivity index is 1.63. The van der Waals surface area contributed by atoms with E-state index < -0.39 is 0 Å². The molecule has 2 aromatic heterocycles. The van der Waals surface area contributed by atoms with E-state index in [9.17, 15) is 4.79 Å². The number of nitrogens with zero attached hydrogens (tertiary/aromatic N) is 2. The summed E-state index contributed by atoms with van der Waals surface area (Å²) in [5.41, 5.74) is 4.83. The van der Waals surface area contributed by atoms with Crippen LogP contribution >= 0.6 is 12.2 Å². The molecule has 1 N–H and O–H groups in total. The number of hydrogen-bond acceptors (Lipinski definition) is 5. The summed E-state index contributed by atoms with van der Waals surface area (Å²) in [6.07, 6.45) is 5.20. The van der Waals surface area contributed by atoms with Gasteiger partial charge in [0.1, 0.15) is 5.58 Å². The molecule has 0 spiro atoms. The molecular weight excluding hydrogens is 334 g/mol. The van der Waals surface area contributed by atoms with Gasteiger partial charge in [0.25, 0.3) is 0 Å². The van der Waals surface area contributed by atoms with Gasteiger partial charge in [-0.3, -0.25) is 9.69 Å². The number of benzene rings is 1. The highest BCUT2D eigenvalue weighted by Gasteiger charge is 2.19. The van der Waals surface area contributed by atoms with Gasteiger partial charge < -0.3 is 9.40 Å². The van der Waals surface area contributed by atoms with Crippen LogP contribution in [0.3, 0.4) is 0 Å². The molecule has 1 aromatic carbocycles. The van der Waals surface area contributed by atoms with Gasteiger partial charge in [0.2, 0.25) is 0 Å². The summed E-state index contributed by atoms with van der Waals surface area (Å²) in [5, 5.41) is 0.667. The van der Waals surface area contributed by atoms with Crippen molar-refractivity contribution in [3.05, 3.63) is 68.0 Å². The quantitative estimate of drug-likeness (QED) is 0.732. The minimum atomic E-state index is 0.0629. The van der Waals surface area contributed by atoms with E-state index in [0.717, 1.165) is 42.8 Å². The Bertz CT molecular complexity index is 1050. The maximum Gasteiger partial charge on any atom is 0.197 e. The van der Waals surface area contributed by atoms with Crippen molar-refractivity contribution in [2.24, 2.45) is 0 Å². The third-order valence-corrected chi connectivity index (χ3v) is 4.97. The summed E-state index contributed by atoms with van der Waals surface area (Å²) in [4.78, 5) is 22.4. The van der Waals surface area contributed by atoms with Crippen LogP contribution in [0.4, 0.5) is 0 Å². The molecule has 128 valence electrons. The third kappa shape index (κ3) is 3.15. The number of hydrogen-bond donors (Lipinski definition) is 1. The molecule has 0 aliphatic carbocycles. The minimum Gasteiger partial charge on any atom is -0.464 e. The second-order valence-electron chi connectivity index (χ2n) is 6.43. The van der Waals surface area contributed by atoms with Gasteiger partial charge in [0.05, 0.1) is 11.6 Å². The van der Waals surface area contributed by atoms with Gasteiger partial charge in [-0.2, -0.15) is 0 Å². The van der Waals surface area contributed by atoms with Crippen LogP contribution in [-0.4, -0.2) is 21.4 Å². The van der Waals surface area contributed by atoms with E-state index in [2.05, 4.69) is 21.8 Å². The standard InChI is InChI=1S/C19H19N3O2S/c1-2-12-3-4-17-15(7-12)18(23)14(11-24-17)10-22-6-5-16-13(9-22)8-20-19(25)21-16/h3-4,7-8,11H,2,5-6,9-10H2,1H3,(H,20,21,25). The molecule has 5 nitrogen and oxygen atoms in total. The highest BCUT2D eigenvalue weighted by atomic mass is 32.1. The number of aromatic amines is 1. The van der Waals surface area contributed by atoms with Gasteiger partial charge >= 0.3 is 0 Å². The number of fused-ring (bicyclic) bond motifs is 2. The molecule has 3 aromatic rings. The van der Waals surface area contributed by atoms with Crippen molar-refractivity contribution in [2.45, 2.75) is 32.9 Å². The number of aromatic nitrogens is 2. The molecule has 3 heterocycles. The van der Waals surface area contributed by atoms with E-state index in [0.29, 0.717) is 27.8 Å². The molecule has 0 saturated heterocycles. The molecular formula is C19H19N3O2S. The van der Waals surface area contributed by atoms with Gasteiger partial charge in [-0.1, -0.05) is 13.0 Å². The van der Waals surface area contributed by atoms with Crippen molar-refractivity contribution in [2.75, 3.05) is 6.54 Å². The predicted molar refractivity (Wildman–Crippen MR) is 99.1 cm³/mol. The Hall–Kier alpha value is -2.31. The SMILES string of the molecule is CCc1ccc2occ(CN3CCc4[nH]c(=S)ncc4C3)c(=O)c2c1. The van der Waals surface area contributed by atoms with E-state index in [4.69, 9.17) is 16.6 Å². The summed E-state index contributed by atoms with van der Waals surface area (Å²) in [6, 6.07) is 5.83. The smallest absolute Gasteiger partial charge is 0.197 e. The molecule has 0 unspecified atom stereocenters. The molecule has 4 rings (SSSR count). The van der Waals surface area contributed by atoms with Crippen molar-refractivity contribution >= 4 is 23.2 Å². The first-order valence-corrected chi connectivity index (χ1v) is 8.87. The number of H-pyrrole nitrogens is 1. The highest BCUT2D eigenvalue weighted by molar-refractivity contribution is 7.71. The first-order valence-electron chi connectivity index (χ1n) is 8.47. The molecule has 1 aliphatic heterocycles. The fourth-order valence-electron chi connectivity index (χ4n) is 3.33. The van der Waals surface area contributed by atoms with Crippen molar-refractivity contribution in [1.29, 1.82) is 0 Å². The monoisotopic (exact) mass is 353 g/mol. The lowest BCUT2D eigenvalue weighted by atomic mass is 10.1. The highest BCUT2D eigenvalue weighted by Crippen LogP contribution is 2.19. The van der Waals surface area contributed by atoms with Crippen molar-refractivity contribution < 1.29 is 4.42 Å². The first-order chi connectivity index (χ1) is 12.1. The maximum absolute atomic E-state index is 12.8. The molecule has 25 heavy (non-hydrogen) atoms. The Morgan fingerprint density at radius 1 is 1.40 bits per heavy atom. The van der Waals surface area contributed by atoms with Gasteiger partial charge in [-0.25, -0.2) is 4.98 Å². The number of nitrogens with one attached hydrogen (secondary N) is 1. The van der Waals surface area contributed by atoms with Crippen molar-refractivity contribution in [3.8, 4) is 0 Å². The van der Waals surface area contributed by atoms with Crippen LogP contribution in [0.25, 0.3) is 11.0 Å². The van der Waals surface area contributed by atoms with Crippen LogP contribution in [0.1, 0.15) is 29.3 Å². The largest absolute Gasteiger partial charge is 0.464 e. The second-order valence-corrected chi connectivity index (χ2v) is 6.81. The Morgan fingerprint density at radius 3 is 3.12 bits per heavy atom. The van der Waals surface area contributed by atoms with Gasteiger partial charge in [-0.05, 0) is 36.3 Å². The Kier molecular flexibility index (Phi) is 4.23. The summed E-state index contributed by atoms with van der Waals surface area (Å²) in [5.74, 6) is 0. The van der Waals surface area contributed by atoms with E-state index in [-0.39, 0.29) is 5.43 Å². The minimum absolute atomic E-state index is 0.0629. The zero-order valence-corrected chi connectivity index (χ0v) is 14.9. The molecule has 0 radical (unpaired) electrons. The molecule has 6 heteroatoms. The fourth-order valence-corrected chi connectivity index (χ4v) is 3.50. The van der Waals surface area contributed by atoms with Crippen LogP contribution < -0.4 is 5.43 Å². The molecule has 0 bridgehead atoms. The average molecular weight is 353 g/mol. The lowest BCUT2D eigenvalue weighted by molar-refractivity contribution is 0.240. The summed E-state index contributed by atoms with van der Waals surface area (Å²) in [6.45, 7) is 4.27. The summed E-state index contributed by atoms with van der Waals surface area (Å²) >= 11 is 5.08. The van der Waals surface area contributed by atoms with Crippen LogP contribution in [0.2, 0.25) is 0 Å². The molecule has 0 atom stereocenters. The van der Waals surface area contributed by atoms with Gasteiger partial charge in [0.15, 0.2) is 10.2 Å². The van der Waals surface area contributed by atoms with Gasteiger partial charge in [0, 0.05) is 49.1 Å². The van der Waals surface area contributed by atoms with Crippen molar-refractivity contribution in [1.82, 2.24) is 14.9 Å². The van der Waals surface area contributed by atoms with Crippen LogP contribution in [0.5, 0.6) is 0 Å². The molecule has 0 amide bonds. The van der Waals surface area contributed by atoms with Crippen LogP contribution in [-0.2, 0) is 25.9 Å². The van der Waals surface area contributed by atoms with E-state index in [1.54, 1.807) is 6.26 Å². The summed E-state index contributed by atoms with van der Waals surface area (Å²) in [7, 11) is 0. The van der Waals surface area contributed by atoms with Crippen LogP contribution in [0.15, 0.2) is 39.9 Å². The molecule has 0 saturated carbocycles. The third-order valence-electron chi connectivity index (χ3n) is 4.77. The lowest BCUT2D eigenvalue weighted by Gasteiger charge is -2.27. The molecule has 1 aliphatic rings. The van der Waals surface area contributed by atoms with Crippen LogP contribution in [0, 0.1) is 4.77 Å². The lowest BCUT2D eigenvalue weighted by Crippen LogP contribution is -2.32. The number of aryl methyl sites for hydroxylation is 1. The number of rotatable bonds is 3. The first kappa shape index (κ1) is 16.2. The van der Waals surface area contributed by atoms with E-state index in [1.807, 2.05) is 24.4 Å². The predicted octanol–water partition coefficient (Wildman–Crippen LogP) is 3.37. The Morgan fingerprint density at radius 2 is 2.28 bits per heavy atom. The van der Waals surface area contributed by atoms with Gasteiger partial charge in [-0.15, -0.1) is 0 Å². The van der Waals surface area contributed by atoms with Crippen molar-refractivity contribution in [3.63, 3.8) is 0 Å². The Labute approximate surface area is 150 Å². The second kappa shape index (κ2) is 6.54. The van der Waals surface area contributed by atoms with E-state index in [1.165, 1.54) is 0 Å². The zero-order valence-electron chi connectivity index (χ0n) is 14.0. The normalized spacial score (nSPS) is 14.6. The maximum atomic E-state index is 12.8. The molecule has 0 fully saturated rings. The fraction of sp³-hybridized carbons (Fsp3) is 0.316.